The van der Waals surface area contributed by atoms with Gasteiger partial charge in [-0.15, -0.1) is 22.7 Å². The van der Waals surface area contributed by atoms with Gasteiger partial charge < -0.3 is 9.80 Å². The van der Waals surface area contributed by atoms with Gasteiger partial charge in [0.25, 0.3) is 0 Å². The highest BCUT2D eigenvalue weighted by Gasteiger charge is 2.17. The average Bonchev–Trinajstić information content (AvgIpc) is 3.46. The quantitative estimate of drug-likeness (QED) is 0.252. The molecule has 0 saturated carbocycles. The molecule has 0 amide bonds. The summed E-state index contributed by atoms with van der Waals surface area (Å²) in [5.41, 5.74) is 10.7. The van der Waals surface area contributed by atoms with Crippen molar-refractivity contribution in [3.05, 3.63) is 55.5 Å². The van der Waals surface area contributed by atoms with E-state index in [0.29, 0.717) is 0 Å². The molecule has 1 saturated heterocycles. The number of thiazole rings is 2. The number of nitrogens with zero attached hydrogens (tertiary/aromatic N) is 4. The van der Waals surface area contributed by atoms with Gasteiger partial charge in [-0.3, -0.25) is 0 Å². The fourth-order valence-corrected chi connectivity index (χ4v) is 7.69. The molecule has 4 nitrogen and oxygen atoms in total. The zero-order valence-corrected chi connectivity index (χ0v) is 24.5. The SMILES string of the molecule is Cc1cc2nc(CCCN3CCN(CCCc4nc5cc(C)c(C)c(C)c5s4)CC3)sc2c(C)c1C. The number of rotatable bonds is 8. The topological polar surface area (TPSA) is 32.3 Å². The molecule has 6 heteroatoms. The molecule has 0 atom stereocenters. The summed E-state index contributed by atoms with van der Waals surface area (Å²) in [6, 6.07) is 4.52. The van der Waals surface area contributed by atoms with E-state index in [4.69, 9.17) is 9.97 Å². The third-order valence-electron chi connectivity index (χ3n) is 8.29. The smallest absolute Gasteiger partial charge is 0.0939 e. The highest BCUT2D eigenvalue weighted by atomic mass is 32.1. The van der Waals surface area contributed by atoms with E-state index in [9.17, 15) is 0 Å². The average molecular weight is 521 g/mol. The number of hydrogen-bond acceptors (Lipinski definition) is 6. The van der Waals surface area contributed by atoms with E-state index >= 15 is 0 Å². The standard InChI is InChI=1S/C30H40N4S2/c1-19-17-25-29(23(5)21(19)3)35-27(31-25)9-7-11-33-13-15-34(16-14-33)12-8-10-28-32-26-18-20(2)22(4)24(6)30(26)36-28/h17-18H,7-16H2,1-6H3. The van der Waals surface area contributed by atoms with Gasteiger partial charge in [-0.25, -0.2) is 9.97 Å². The molecule has 0 unspecified atom stereocenters. The maximum Gasteiger partial charge on any atom is 0.0939 e. The minimum atomic E-state index is 1.10. The molecule has 5 rings (SSSR count). The van der Waals surface area contributed by atoms with Crippen molar-refractivity contribution in [1.82, 2.24) is 19.8 Å². The lowest BCUT2D eigenvalue weighted by atomic mass is 10.0. The van der Waals surface area contributed by atoms with Gasteiger partial charge in [0, 0.05) is 39.0 Å². The first-order valence-electron chi connectivity index (χ1n) is 13.5. The van der Waals surface area contributed by atoms with E-state index in [2.05, 4.69) is 63.5 Å². The van der Waals surface area contributed by atoms with Crippen molar-refractivity contribution in [2.75, 3.05) is 39.3 Å². The maximum atomic E-state index is 4.94. The number of piperazine rings is 1. The van der Waals surface area contributed by atoms with Crippen molar-refractivity contribution < 1.29 is 0 Å². The van der Waals surface area contributed by atoms with Crippen molar-refractivity contribution in [2.45, 2.75) is 67.2 Å². The molecule has 36 heavy (non-hydrogen) atoms. The third-order valence-corrected chi connectivity index (χ3v) is 10.8. The minimum absolute atomic E-state index is 1.10. The third kappa shape index (κ3) is 5.38. The normalized spacial score (nSPS) is 15.5. The molecule has 0 bridgehead atoms. The van der Waals surface area contributed by atoms with E-state index in [1.54, 1.807) is 0 Å². The monoisotopic (exact) mass is 520 g/mol. The Balaban J connectivity index is 1.04. The van der Waals surface area contributed by atoms with Gasteiger partial charge in [0.15, 0.2) is 0 Å². The van der Waals surface area contributed by atoms with Crippen LogP contribution in [0.25, 0.3) is 20.4 Å². The van der Waals surface area contributed by atoms with E-state index < -0.39 is 0 Å². The van der Waals surface area contributed by atoms with Gasteiger partial charge in [-0.2, -0.15) is 0 Å². The molecular formula is C30H40N4S2. The van der Waals surface area contributed by atoms with Crippen molar-refractivity contribution in [2.24, 2.45) is 0 Å². The van der Waals surface area contributed by atoms with Gasteiger partial charge in [0.1, 0.15) is 0 Å². The highest BCUT2D eigenvalue weighted by molar-refractivity contribution is 7.19. The Labute approximate surface area is 224 Å². The first-order chi connectivity index (χ1) is 17.3. The van der Waals surface area contributed by atoms with Crippen LogP contribution in [-0.4, -0.2) is 59.0 Å². The summed E-state index contributed by atoms with van der Waals surface area (Å²) in [6.07, 6.45) is 4.59. The molecular weight excluding hydrogens is 480 g/mol. The van der Waals surface area contributed by atoms with Crippen LogP contribution in [-0.2, 0) is 12.8 Å². The number of aryl methyl sites for hydroxylation is 6. The van der Waals surface area contributed by atoms with E-state index in [1.165, 1.54) is 116 Å². The Bertz CT molecular complexity index is 1270. The van der Waals surface area contributed by atoms with Crippen LogP contribution in [0.3, 0.4) is 0 Å². The number of hydrogen-bond donors (Lipinski definition) is 0. The summed E-state index contributed by atoms with van der Waals surface area (Å²) >= 11 is 3.80. The van der Waals surface area contributed by atoms with Gasteiger partial charge >= 0.3 is 0 Å². The molecule has 2 aromatic heterocycles. The minimum Gasteiger partial charge on any atom is -0.301 e. The lowest BCUT2D eigenvalue weighted by Gasteiger charge is -2.34. The summed E-state index contributed by atoms with van der Waals surface area (Å²) in [4.78, 5) is 15.2. The van der Waals surface area contributed by atoms with E-state index in [-0.39, 0.29) is 0 Å². The first kappa shape index (κ1) is 25.8. The van der Waals surface area contributed by atoms with E-state index in [1.807, 2.05) is 22.7 Å². The van der Waals surface area contributed by atoms with Crippen LogP contribution in [0.4, 0.5) is 0 Å². The van der Waals surface area contributed by atoms with E-state index in [0.717, 1.165) is 12.8 Å². The summed E-state index contributed by atoms with van der Waals surface area (Å²) in [6.45, 7) is 20.5. The Morgan fingerprint density at radius 2 is 1.00 bits per heavy atom. The number of fused-ring (bicyclic) bond motifs is 2. The van der Waals surface area contributed by atoms with Crippen LogP contribution < -0.4 is 0 Å². The lowest BCUT2D eigenvalue weighted by molar-refractivity contribution is 0.130. The largest absolute Gasteiger partial charge is 0.301 e. The molecule has 0 aliphatic carbocycles. The van der Waals surface area contributed by atoms with Crippen LogP contribution >= 0.6 is 22.7 Å². The fourth-order valence-electron chi connectivity index (χ4n) is 5.41. The molecule has 3 heterocycles. The van der Waals surface area contributed by atoms with Crippen molar-refractivity contribution in [1.29, 1.82) is 0 Å². The maximum absolute atomic E-state index is 4.94. The van der Waals surface area contributed by atoms with Gasteiger partial charge in [0.05, 0.1) is 30.4 Å². The molecule has 0 spiro atoms. The zero-order chi connectivity index (χ0) is 25.4. The summed E-state index contributed by atoms with van der Waals surface area (Å²) < 4.78 is 2.76. The number of aromatic nitrogens is 2. The molecule has 1 aliphatic rings. The van der Waals surface area contributed by atoms with Crippen LogP contribution in [0.15, 0.2) is 12.1 Å². The predicted octanol–water partition coefficient (Wildman–Crippen LogP) is 6.94. The zero-order valence-electron chi connectivity index (χ0n) is 22.8. The molecule has 1 aliphatic heterocycles. The van der Waals surface area contributed by atoms with Crippen molar-refractivity contribution >= 4 is 43.1 Å². The van der Waals surface area contributed by atoms with Gasteiger partial charge in [-0.05, 0) is 113 Å². The number of benzene rings is 2. The first-order valence-corrected chi connectivity index (χ1v) is 15.1. The Morgan fingerprint density at radius 1 is 0.611 bits per heavy atom. The van der Waals surface area contributed by atoms with Gasteiger partial charge in [-0.1, -0.05) is 0 Å². The second kappa shape index (κ2) is 10.9. The van der Waals surface area contributed by atoms with Crippen LogP contribution in [0, 0.1) is 41.5 Å². The second-order valence-electron chi connectivity index (χ2n) is 10.7. The second-order valence-corrected chi connectivity index (χ2v) is 12.9. The van der Waals surface area contributed by atoms with Crippen molar-refractivity contribution in [3.8, 4) is 0 Å². The predicted molar refractivity (Wildman–Crippen MR) is 157 cm³/mol. The Hall–Kier alpha value is -1.86. The fraction of sp³-hybridized carbons (Fsp3) is 0.533. The van der Waals surface area contributed by atoms with Crippen molar-refractivity contribution in [3.63, 3.8) is 0 Å². The summed E-state index contributed by atoms with van der Waals surface area (Å²) in [7, 11) is 0. The van der Waals surface area contributed by atoms with Crippen LogP contribution in [0.2, 0.25) is 0 Å². The van der Waals surface area contributed by atoms with Crippen LogP contribution in [0.5, 0.6) is 0 Å². The molecule has 2 aromatic carbocycles. The summed E-state index contributed by atoms with van der Waals surface area (Å²) in [5.74, 6) is 0. The van der Waals surface area contributed by atoms with Gasteiger partial charge in [0.2, 0.25) is 0 Å². The molecule has 192 valence electrons. The molecule has 0 radical (unpaired) electrons. The lowest BCUT2D eigenvalue weighted by Crippen LogP contribution is -2.46. The highest BCUT2D eigenvalue weighted by Crippen LogP contribution is 2.31. The molecule has 1 fully saturated rings. The molecule has 4 aromatic rings. The molecule has 0 N–H and O–H groups in total. The summed E-state index contributed by atoms with van der Waals surface area (Å²) in [5, 5.41) is 2.60. The van der Waals surface area contributed by atoms with Crippen LogP contribution in [0.1, 0.15) is 56.2 Å². The Morgan fingerprint density at radius 3 is 1.39 bits per heavy atom. The Kier molecular flexibility index (Phi) is 7.78.